The monoisotopic (exact) mass is 186 g/mol. The summed E-state index contributed by atoms with van der Waals surface area (Å²) in [5.41, 5.74) is -0.716. The van der Waals surface area contributed by atoms with E-state index in [0.29, 0.717) is 6.42 Å². The number of rotatable bonds is 2. The summed E-state index contributed by atoms with van der Waals surface area (Å²) in [4.78, 5) is 13.3. The zero-order valence-corrected chi connectivity index (χ0v) is 8.50. The first-order chi connectivity index (χ1) is 6.03. The Labute approximate surface area is 78.9 Å². The number of likely N-dealkylation sites (N-methyl/N-ethyl adjacent to an activating group) is 1. The predicted octanol–water partition coefficient (Wildman–Crippen LogP) is 0.000800. The topological polar surface area (TPSA) is 52.6 Å². The molecule has 0 aromatic rings. The molecule has 2 N–H and O–H groups in total. The second kappa shape index (κ2) is 3.64. The Kier molecular flexibility index (Phi) is 2.93. The first-order valence-corrected chi connectivity index (χ1v) is 4.64. The van der Waals surface area contributed by atoms with Crippen LogP contribution in [0.3, 0.4) is 0 Å². The SMILES string of the molecule is CNC1(C(=O)O)CCN(C)CC1C. The van der Waals surface area contributed by atoms with Crippen LogP contribution in [-0.2, 0) is 4.79 Å². The van der Waals surface area contributed by atoms with Crippen molar-refractivity contribution in [2.45, 2.75) is 18.9 Å². The summed E-state index contributed by atoms with van der Waals surface area (Å²) in [7, 11) is 3.76. The highest BCUT2D eigenvalue weighted by Crippen LogP contribution is 2.27. The lowest BCUT2D eigenvalue weighted by Crippen LogP contribution is -2.61. The maximum Gasteiger partial charge on any atom is 0.324 e. The average molecular weight is 186 g/mol. The van der Waals surface area contributed by atoms with Gasteiger partial charge in [-0.3, -0.25) is 4.79 Å². The number of carbonyl (C=O) groups is 1. The smallest absolute Gasteiger partial charge is 0.324 e. The lowest BCUT2D eigenvalue weighted by molar-refractivity contribution is -0.149. The Bertz CT molecular complexity index is 208. The highest BCUT2D eigenvalue weighted by molar-refractivity contribution is 5.79. The number of nitrogens with one attached hydrogen (secondary N) is 1. The summed E-state index contributed by atoms with van der Waals surface area (Å²) in [6.45, 7) is 3.67. The van der Waals surface area contributed by atoms with E-state index in [1.165, 1.54) is 0 Å². The van der Waals surface area contributed by atoms with Gasteiger partial charge in [-0.05, 0) is 26.4 Å². The summed E-state index contributed by atoms with van der Waals surface area (Å²) < 4.78 is 0. The van der Waals surface area contributed by atoms with E-state index < -0.39 is 11.5 Å². The van der Waals surface area contributed by atoms with Crippen LogP contribution in [0.15, 0.2) is 0 Å². The molecule has 1 heterocycles. The quantitative estimate of drug-likeness (QED) is 0.637. The molecule has 1 rings (SSSR count). The van der Waals surface area contributed by atoms with Crippen molar-refractivity contribution in [2.75, 3.05) is 27.2 Å². The third-order valence-electron chi connectivity index (χ3n) is 3.14. The van der Waals surface area contributed by atoms with Crippen LogP contribution in [0.5, 0.6) is 0 Å². The molecule has 76 valence electrons. The molecule has 4 heteroatoms. The normalized spacial score (nSPS) is 36.1. The Hall–Kier alpha value is -0.610. The van der Waals surface area contributed by atoms with Crippen LogP contribution < -0.4 is 5.32 Å². The zero-order valence-electron chi connectivity index (χ0n) is 8.50. The number of aliphatic carboxylic acids is 1. The number of likely N-dealkylation sites (tertiary alicyclic amines) is 1. The van der Waals surface area contributed by atoms with Gasteiger partial charge in [0.25, 0.3) is 0 Å². The molecule has 0 amide bonds. The summed E-state index contributed by atoms with van der Waals surface area (Å²) in [6, 6.07) is 0. The summed E-state index contributed by atoms with van der Waals surface area (Å²) in [5.74, 6) is -0.579. The van der Waals surface area contributed by atoms with Gasteiger partial charge in [0.05, 0.1) is 0 Å². The fourth-order valence-corrected chi connectivity index (χ4v) is 2.12. The van der Waals surface area contributed by atoms with Crippen molar-refractivity contribution >= 4 is 5.97 Å². The minimum absolute atomic E-state index is 0.147. The highest BCUT2D eigenvalue weighted by Gasteiger charge is 2.44. The summed E-state index contributed by atoms with van der Waals surface area (Å²) in [5, 5.41) is 12.1. The highest BCUT2D eigenvalue weighted by atomic mass is 16.4. The molecule has 2 atom stereocenters. The predicted molar refractivity (Wildman–Crippen MR) is 50.7 cm³/mol. The van der Waals surface area contributed by atoms with Crippen molar-refractivity contribution in [3.05, 3.63) is 0 Å². The van der Waals surface area contributed by atoms with Gasteiger partial charge in [0.15, 0.2) is 0 Å². The Morgan fingerprint density at radius 1 is 1.69 bits per heavy atom. The minimum atomic E-state index is -0.726. The molecule has 13 heavy (non-hydrogen) atoms. The molecule has 4 nitrogen and oxygen atoms in total. The van der Waals surface area contributed by atoms with Gasteiger partial charge in [0.2, 0.25) is 0 Å². The van der Waals surface area contributed by atoms with E-state index in [9.17, 15) is 4.79 Å². The first kappa shape index (κ1) is 10.5. The summed E-state index contributed by atoms with van der Waals surface area (Å²) in [6.07, 6.45) is 0.677. The van der Waals surface area contributed by atoms with Gasteiger partial charge in [-0.25, -0.2) is 0 Å². The third-order valence-corrected chi connectivity index (χ3v) is 3.14. The van der Waals surface area contributed by atoms with E-state index in [1.54, 1.807) is 7.05 Å². The van der Waals surface area contributed by atoms with E-state index in [4.69, 9.17) is 5.11 Å². The number of hydrogen-bond donors (Lipinski definition) is 2. The van der Waals surface area contributed by atoms with Gasteiger partial charge in [-0.15, -0.1) is 0 Å². The number of carboxylic acid groups (broad SMARTS) is 1. The van der Waals surface area contributed by atoms with E-state index in [1.807, 2.05) is 14.0 Å². The number of hydrogen-bond acceptors (Lipinski definition) is 3. The van der Waals surface area contributed by atoms with Gasteiger partial charge in [0.1, 0.15) is 5.54 Å². The fraction of sp³-hybridized carbons (Fsp3) is 0.889. The van der Waals surface area contributed by atoms with Crippen molar-refractivity contribution in [3.8, 4) is 0 Å². The lowest BCUT2D eigenvalue weighted by Gasteiger charge is -2.42. The van der Waals surface area contributed by atoms with Crippen LogP contribution in [0, 0.1) is 5.92 Å². The third kappa shape index (κ3) is 1.69. The Balaban J connectivity index is 2.81. The van der Waals surface area contributed by atoms with Crippen LogP contribution in [0.1, 0.15) is 13.3 Å². The molecule has 1 aliphatic heterocycles. The molecule has 0 bridgehead atoms. The van der Waals surface area contributed by atoms with Crippen molar-refractivity contribution in [1.82, 2.24) is 10.2 Å². The molecular weight excluding hydrogens is 168 g/mol. The van der Waals surface area contributed by atoms with Crippen LogP contribution in [0.4, 0.5) is 0 Å². The van der Waals surface area contributed by atoms with Crippen molar-refractivity contribution < 1.29 is 9.90 Å². The van der Waals surface area contributed by atoms with Crippen molar-refractivity contribution in [2.24, 2.45) is 5.92 Å². The lowest BCUT2D eigenvalue weighted by atomic mass is 9.79. The maximum atomic E-state index is 11.1. The van der Waals surface area contributed by atoms with E-state index in [2.05, 4.69) is 10.2 Å². The summed E-state index contributed by atoms with van der Waals surface area (Å²) >= 11 is 0. The molecule has 0 aromatic heterocycles. The van der Waals surface area contributed by atoms with Crippen molar-refractivity contribution in [3.63, 3.8) is 0 Å². The first-order valence-electron chi connectivity index (χ1n) is 4.64. The van der Waals surface area contributed by atoms with E-state index in [0.717, 1.165) is 13.1 Å². The molecule has 1 fully saturated rings. The molecule has 0 spiro atoms. The van der Waals surface area contributed by atoms with Gasteiger partial charge < -0.3 is 15.3 Å². The molecule has 0 aliphatic carbocycles. The fourth-order valence-electron chi connectivity index (χ4n) is 2.12. The van der Waals surface area contributed by atoms with Gasteiger partial charge in [-0.2, -0.15) is 0 Å². The number of piperidine rings is 1. The van der Waals surface area contributed by atoms with Gasteiger partial charge in [0, 0.05) is 13.1 Å². The second-order valence-electron chi connectivity index (χ2n) is 3.94. The standard InChI is InChI=1S/C9H18N2O2/c1-7-6-11(3)5-4-9(7,10-2)8(12)13/h7,10H,4-6H2,1-3H3,(H,12,13). The van der Waals surface area contributed by atoms with Gasteiger partial charge in [-0.1, -0.05) is 6.92 Å². The molecular formula is C9H18N2O2. The van der Waals surface area contributed by atoms with Crippen LogP contribution in [0.2, 0.25) is 0 Å². The maximum absolute atomic E-state index is 11.1. The molecule has 0 aromatic carbocycles. The molecule has 2 unspecified atom stereocenters. The van der Waals surface area contributed by atoms with Gasteiger partial charge >= 0.3 is 5.97 Å². The Morgan fingerprint density at radius 2 is 2.31 bits per heavy atom. The molecule has 0 radical (unpaired) electrons. The van der Waals surface area contributed by atoms with Crippen LogP contribution in [-0.4, -0.2) is 48.7 Å². The van der Waals surface area contributed by atoms with Crippen molar-refractivity contribution in [1.29, 1.82) is 0 Å². The Morgan fingerprint density at radius 3 is 2.69 bits per heavy atom. The average Bonchev–Trinajstić information content (AvgIpc) is 2.04. The molecule has 1 aliphatic rings. The number of nitrogens with zero attached hydrogens (tertiary/aromatic N) is 1. The van der Waals surface area contributed by atoms with E-state index in [-0.39, 0.29) is 5.92 Å². The minimum Gasteiger partial charge on any atom is -0.480 e. The van der Waals surface area contributed by atoms with E-state index >= 15 is 0 Å². The molecule has 1 saturated heterocycles. The zero-order chi connectivity index (χ0) is 10.1. The van der Waals surface area contributed by atoms with Crippen LogP contribution in [0.25, 0.3) is 0 Å². The largest absolute Gasteiger partial charge is 0.480 e. The molecule has 0 saturated carbocycles. The number of carboxylic acids is 1. The van der Waals surface area contributed by atoms with Crippen LogP contribution >= 0.6 is 0 Å². The second-order valence-corrected chi connectivity index (χ2v) is 3.94.